The fourth-order valence-corrected chi connectivity index (χ4v) is 2.63. The van der Waals surface area contributed by atoms with Gasteiger partial charge in [-0.1, -0.05) is 26.0 Å². The van der Waals surface area contributed by atoms with Crippen molar-refractivity contribution in [1.29, 1.82) is 0 Å². The number of carbonyl (C=O) groups excluding carboxylic acids is 2. The monoisotopic (exact) mass is 342 g/mol. The van der Waals surface area contributed by atoms with Gasteiger partial charge in [0.15, 0.2) is 0 Å². The summed E-state index contributed by atoms with van der Waals surface area (Å²) in [7, 11) is 0. The Morgan fingerprint density at radius 1 is 1.17 bits per heavy atom. The van der Waals surface area contributed by atoms with Crippen LogP contribution in [0.1, 0.15) is 37.8 Å². The Balaban J connectivity index is 1.93. The third-order valence-electron chi connectivity index (χ3n) is 4.23. The van der Waals surface area contributed by atoms with Crippen molar-refractivity contribution in [3.63, 3.8) is 0 Å². The molecule has 0 spiro atoms. The van der Waals surface area contributed by atoms with Crippen molar-refractivity contribution in [3.05, 3.63) is 35.4 Å². The summed E-state index contributed by atoms with van der Waals surface area (Å²) in [6.07, 6.45) is -3.12. The third kappa shape index (κ3) is 4.49. The maximum Gasteiger partial charge on any atom is 0.416 e. The van der Waals surface area contributed by atoms with E-state index in [4.69, 9.17) is 0 Å². The first-order valence-electron chi connectivity index (χ1n) is 7.82. The number of hydrogen-bond acceptors (Lipinski definition) is 2. The van der Waals surface area contributed by atoms with Gasteiger partial charge in [0.2, 0.25) is 11.8 Å². The van der Waals surface area contributed by atoms with E-state index >= 15 is 0 Å². The number of nitrogens with zero attached hydrogens (tertiary/aromatic N) is 1. The highest BCUT2D eigenvalue weighted by Crippen LogP contribution is 2.31. The summed E-state index contributed by atoms with van der Waals surface area (Å²) in [6.45, 7) is 4.59. The third-order valence-corrected chi connectivity index (χ3v) is 4.23. The standard InChI is InChI=1S/C17H21F3N2O2/c1-16(2,12-5-7-13(8-6-12)17(18,19)20)11-21-14(23)10-22-9-3-4-15(22)24/h5-8H,3-4,9-11H2,1-2H3,(H,21,23). The molecule has 1 aliphatic rings. The van der Waals surface area contributed by atoms with Crippen molar-refractivity contribution in [2.24, 2.45) is 0 Å². The number of benzene rings is 1. The van der Waals surface area contributed by atoms with Gasteiger partial charge in [-0.3, -0.25) is 9.59 Å². The van der Waals surface area contributed by atoms with Crippen LogP contribution < -0.4 is 5.32 Å². The van der Waals surface area contributed by atoms with Crippen LogP contribution in [-0.2, 0) is 21.2 Å². The Kier molecular flexibility index (Phi) is 5.20. The maximum absolute atomic E-state index is 12.6. The van der Waals surface area contributed by atoms with Gasteiger partial charge in [0, 0.05) is 24.9 Å². The lowest BCUT2D eigenvalue weighted by atomic mass is 9.84. The number of halogens is 3. The van der Waals surface area contributed by atoms with E-state index in [0.717, 1.165) is 18.6 Å². The van der Waals surface area contributed by atoms with E-state index in [1.54, 1.807) is 0 Å². The molecule has 1 aromatic rings. The van der Waals surface area contributed by atoms with Crippen LogP contribution in [-0.4, -0.2) is 36.3 Å². The van der Waals surface area contributed by atoms with Crippen molar-refractivity contribution in [3.8, 4) is 0 Å². The van der Waals surface area contributed by atoms with Crippen LogP contribution in [0.25, 0.3) is 0 Å². The Hall–Kier alpha value is -2.05. The molecule has 0 radical (unpaired) electrons. The molecule has 0 aliphatic carbocycles. The normalized spacial score (nSPS) is 15.7. The average Bonchev–Trinajstić information content (AvgIpc) is 2.90. The summed E-state index contributed by atoms with van der Waals surface area (Å²) in [5.74, 6) is -0.280. The van der Waals surface area contributed by atoms with E-state index in [9.17, 15) is 22.8 Å². The zero-order valence-electron chi connectivity index (χ0n) is 13.7. The van der Waals surface area contributed by atoms with Crippen LogP contribution in [0.2, 0.25) is 0 Å². The molecule has 2 rings (SSSR count). The summed E-state index contributed by atoms with van der Waals surface area (Å²) < 4.78 is 37.8. The topological polar surface area (TPSA) is 49.4 Å². The fraction of sp³-hybridized carbons (Fsp3) is 0.529. The van der Waals surface area contributed by atoms with E-state index in [2.05, 4.69) is 5.32 Å². The number of rotatable bonds is 5. The number of hydrogen-bond donors (Lipinski definition) is 1. The second kappa shape index (κ2) is 6.83. The molecule has 24 heavy (non-hydrogen) atoms. The highest BCUT2D eigenvalue weighted by atomic mass is 19.4. The molecule has 0 atom stereocenters. The molecule has 0 unspecified atom stereocenters. The smallest absolute Gasteiger partial charge is 0.354 e. The minimum atomic E-state index is -4.36. The van der Waals surface area contributed by atoms with Crippen molar-refractivity contribution < 1.29 is 22.8 Å². The number of nitrogens with one attached hydrogen (secondary N) is 1. The first-order chi connectivity index (χ1) is 11.1. The Labute approximate surface area is 139 Å². The first kappa shape index (κ1) is 18.3. The van der Waals surface area contributed by atoms with E-state index < -0.39 is 17.2 Å². The highest BCUT2D eigenvalue weighted by molar-refractivity contribution is 5.85. The van der Waals surface area contributed by atoms with Gasteiger partial charge in [0.05, 0.1) is 12.1 Å². The summed E-state index contributed by atoms with van der Waals surface area (Å²) in [6, 6.07) is 4.95. The van der Waals surface area contributed by atoms with Crippen LogP contribution >= 0.6 is 0 Å². The Morgan fingerprint density at radius 2 is 1.75 bits per heavy atom. The maximum atomic E-state index is 12.6. The van der Waals surface area contributed by atoms with Gasteiger partial charge in [0.25, 0.3) is 0 Å². The second-order valence-electron chi connectivity index (χ2n) is 6.65. The van der Waals surface area contributed by atoms with Gasteiger partial charge in [-0.2, -0.15) is 13.2 Å². The number of alkyl halides is 3. The number of carbonyl (C=O) groups is 2. The molecule has 1 aromatic carbocycles. The van der Waals surface area contributed by atoms with Crippen LogP contribution in [0.15, 0.2) is 24.3 Å². The van der Waals surface area contributed by atoms with Crippen LogP contribution in [0.4, 0.5) is 13.2 Å². The van der Waals surface area contributed by atoms with E-state index in [-0.39, 0.29) is 24.9 Å². The van der Waals surface area contributed by atoms with Gasteiger partial charge in [-0.05, 0) is 24.1 Å². The Bertz CT molecular complexity index is 609. The van der Waals surface area contributed by atoms with Crippen LogP contribution in [0.5, 0.6) is 0 Å². The molecule has 0 aromatic heterocycles. The SMILES string of the molecule is CC(C)(CNC(=O)CN1CCCC1=O)c1ccc(C(F)(F)F)cc1. The van der Waals surface area contributed by atoms with Crippen molar-refractivity contribution in [1.82, 2.24) is 10.2 Å². The lowest BCUT2D eigenvalue weighted by Gasteiger charge is -2.26. The molecule has 132 valence electrons. The van der Waals surface area contributed by atoms with Gasteiger partial charge < -0.3 is 10.2 Å². The van der Waals surface area contributed by atoms with Crippen molar-refractivity contribution in [2.75, 3.05) is 19.6 Å². The summed E-state index contributed by atoms with van der Waals surface area (Å²) >= 11 is 0. The number of amides is 2. The minimum absolute atomic E-state index is 0.0212. The predicted molar refractivity (Wildman–Crippen MR) is 83.3 cm³/mol. The van der Waals surface area contributed by atoms with Gasteiger partial charge in [0.1, 0.15) is 0 Å². The van der Waals surface area contributed by atoms with Crippen molar-refractivity contribution in [2.45, 2.75) is 38.3 Å². The second-order valence-corrected chi connectivity index (χ2v) is 6.65. The highest BCUT2D eigenvalue weighted by Gasteiger charge is 2.31. The summed E-state index contributed by atoms with van der Waals surface area (Å²) in [5, 5.41) is 2.76. The molecule has 4 nitrogen and oxygen atoms in total. The van der Waals surface area contributed by atoms with E-state index in [0.29, 0.717) is 18.5 Å². The van der Waals surface area contributed by atoms with E-state index in [1.807, 2.05) is 13.8 Å². The van der Waals surface area contributed by atoms with Crippen LogP contribution in [0, 0.1) is 0 Å². The van der Waals surface area contributed by atoms with E-state index in [1.165, 1.54) is 17.0 Å². The molecule has 1 N–H and O–H groups in total. The zero-order chi connectivity index (χ0) is 18.0. The molecule has 7 heteroatoms. The fourth-order valence-electron chi connectivity index (χ4n) is 2.63. The van der Waals surface area contributed by atoms with Gasteiger partial charge in [-0.15, -0.1) is 0 Å². The van der Waals surface area contributed by atoms with Gasteiger partial charge in [-0.25, -0.2) is 0 Å². The molecule has 1 aliphatic heterocycles. The molecule has 1 fully saturated rings. The van der Waals surface area contributed by atoms with Gasteiger partial charge >= 0.3 is 6.18 Å². The molecule has 0 bridgehead atoms. The predicted octanol–water partition coefficient (Wildman–Crippen LogP) is 2.72. The lowest BCUT2D eigenvalue weighted by molar-refractivity contribution is -0.137. The number of likely N-dealkylation sites (tertiary alicyclic amines) is 1. The zero-order valence-corrected chi connectivity index (χ0v) is 13.7. The van der Waals surface area contributed by atoms with Crippen molar-refractivity contribution >= 4 is 11.8 Å². The first-order valence-corrected chi connectivity index (χ1v) is 7.82. The lowest BCUT2D eigenvalue weighted by Crippen LogP contribution is -2.42. The molecular formula is C17H21F3N2O2. The largest absolute Gasteiger partial charge is 0.416 e. The van der Waals surface area contributed by atoms with Crippen LogP contribution in [0.3, 0.4) is 0 Å². The summed E-state index contributed by atoms with van der Waals surface area (Å²) in [4.78, 5) is 25.0. The molecule has 1 heterocycles. The average molecular weight is 342 g/mol. The minimum Gasteiger partial charge on any atom is -0.354 e. The summed E-state index contributed by atoms with van der Waals surface area (Å²) in [5.41, 5.74) is -0.513. The quantitative estimate of drug-likeness (QED) is 0.894. The Morgan fingerprint density at radius 3 is 2.25 bits per heavy atom. The molecule has 0 saturated carbocycles. The molecule has 1 saturated heterocycles. The molecular weight excluding hydrogens is 321 g/mol. The molecule has 2 amide bonds.